The zero-order valence-corrected chi connectivity index (χ0v) is 17.8. The Morgan fingerprint density at radius 2 is 1.77 bits per heavy atom. The van der Waals surface area contributed by atoms with Gasteiger partial charge >= 0.3 is 0 Å². The van der Waals surface area contributed by atoms with Crippen LogP contribution in [0.1, 0.15) is 10.6 Å². The Balaban J connectivity index is 1.45. The summed E-state index contributed by atoms with van der Waals surface area (Å²) in [5.41, 5.74) is 1.99. The van der Waals surface area contributed by atoms with Crippen LogP contribution in [0.25, 0.3) is 16.8 Å². The van der Waals surface area contributed by atoms with Crippen LogP contribution in [-0.2, 0) is 0 Å². The van der Waals surface area contributed by atoms with Gasteiger partial charge in [0.2, 0.25) is 11.8 Å². The van der Waals surface area contributed by atoms with Gasteiger partial charge in [-0.2, -0.15) is 0 Å². The number of amides is 1. The van der Waals surface area contributed by atoms with Crippen molar-refractivity contribution in [3.8, 4) is 11.3 Å². The van der Waals surface area contributed by atoms with E-state index in [1.807, 2.05) is 0 Å². The maximum atomic E-state index is 13.4. The third-order valence-corrected chi connectivity index (χ3v) is 5.77. The quantitative estimate of drug-likeness (QED) is 0.472. The monoisotopic (exact) mass is 453 g/mol. The summed E-state index contributed by atoms with van der Waals surface area (Å²) in [6.45, 7) is 2.40. The van der Waals surface area contributed by atoms with Gasteiger partial charge in [-0.05, 0) is 24.3 Å². The summed E-state index contributed by atoms with van der Waals surface area (Å²) in [5.74, 6) is 0.848. The highest BCUT2D eigenvalue weighted by molar-refractivity contribution is 6.36. The van der Waals surface area contributed by atoms with Crippen molar-refractivity contribution in [2.45, 2.75) is 0 Å². The van der Waals surface area contributed by atoms with Crippen molar-refractivity contribution < 1.29 is 4.79 Å². The maximum absolute atomic E-state index is 13.4. The molecule has 0 bridgehead atoms. The van der Waals surface area contributed by atoms with E-state index in [0.717, 1.165) is 0 Å². The lowest BCUT2D eigenvalue weighted by molar-refractivity contribution is 0.0733. The predicted molar refractivity (Wildman–Crippen MR) is 119 cm³/mol. The normalized spacial score (nSPS) is 14.3. The van der Waals surface area contributed by atoms with Gasteiger partial charge in [0.25, 0.3) is 5.91 Å². The van der Waals surface area contributed by atoms with Crippen LogP contribution in [0.2, 0.25) is 10.0 Å². The van der Waals surface area contributed by atoms with E-state index in [1.54, 1.807) is 64.6 Å². The van der Waals surface area contributed by atoms with Crippen LogP contribution < -0.4 is 4.90 Å². The lowest BCUT2D eigenvalue weighted by atomic mass is 10.1. The summed E-state index contributed by atoms with van der Waals surface area (Å²) in [7, 11) is 0. The van der Waals surface area contributed by atoms with Crippen molar-refractivity contribution in [2.24, 2.45) is 0 Å². The second-order valence-corrected chi connectivity index (χ2v) is 7.91. The minimum atomic E-state index is -0.147. The van der Waals surface area contributed by atoms with Crippen molar-refractivity contribution in [1.29, 1.82) is 0 Å². The smallest absolute Gasteiger partial charge is 0.290 e. The van der Waals surface area contributed by atoms with Gasteiger partial charge in [0.15, 0.2) is 0 Å². The van der Waals surface area contributed by atoms with E-state index in [-0.39, 0.29) is 5.91 Å². The highest BCUT2D eigenvalue weighted by Crippen LogP contribution is 2.33. The summed E-state index contributed by atoms with van der Waals surface area (Å²) >= 11 is 12.4. The first-order valence-corrected chi connectivity index (χ1v) is 10.5. The van der Waals surface area contributed by atoms with E-state index >= 15 is 0 Å². The van der Waals surface area contributed by atoms with Crippen LogP contribution in [0.3, 0.4) is 0 Å². The summed E-state index contributed by atoms with van der Waals surface area (Å²) in [6.07, 6.45) is 8.47. The average Bonchev–Trinajstić information content (AvgIpc) is 3.19. The molecule has 1 aliphatic heterocycles. The fourth-order valence-electron chi connectivity index (χ4n) is 3.67. The van der Waals surface area contributed by atoms with E-state index in [0.29, 0.717) is 64.8 Å². The molecule has 1 aliphatic rings. The molecule has 1 fully saturated rings. The number of hydrogen-bond donors (Lipinski definition) is 0. The number of halogens is 2. The Morgan fingerprint density at radius 1 is 1.00 bits per heavy atom. The minimum Gasteiger partial charge on any atom is -0.337 e. The Hall–Kier alpha value is -3.23. The van der Waals surface area contributed by atoms with Crippen molar-refractivity contribution in [3.63, 3.8) is 0 Å². The summed E-state index contributed by atoms with van der Waals surface area (Å²) in [6, 6.07) is 6.99. The molecule has 1 amide bonds. The van der Waals surface area contributed by atoms with Crippen LogP contribution >= 0.6 is 23.2 Å². The Morgan fingerprint density at radius 3 is 2.52 bits per heavy atom. The molecular weight excluding hydrogens is 437 g/mol. The minimum absolute atomic E-state index is 0.147. The molecule has 1 aromatic carbocycles. The number of carbonyl (C=O) groups excluding carboxylic acids is 1. The molecule has 0 radical (unpaired) electrons. The van der Waals surface area contributed by atoms with E-state index < -0.39 is 0 Å². The largest absolute Gasteiger partial charge is 0.337 e. The highest BCUT2D eigenvalue weighted by atomic mass is 35.5. The number of fused-ring (bicyclic) bond motifs is 1. The van der Waals surface area contributed by atoms with Crippen LogP contribution in [0, 0.1) is 0 Å². The number of carbonyl (C=O) groups is 1. The zero-order chi connectivity index (χ0) is 21.4. The fourth-order valence-corrected chi connectivity index (χ4v) is 4.17. The SMILES string of the molecule is O=C(c1nc(-c2ccc(Cl)cc2Cl)c2cnccn12)N1CCN(c2ncccn2)CC1. The number of imidazole rings is 1. The maximum Gasteiger partial charge on any atom is 0.290 e. The van der Waals surface area contributed by atoms with Crippen LogP contribution in [0.5, 0.6) is 0 Å². The first-order chi connectivity index (χ1) is 15.1. The molecule has 4 heterocycles. The lowest BCUT2D eigenvalue weighted by Gasteiger charge is -2.34. The molecule has 1 saturated heterocycles. The van der Waals surface area contributed by atoms with Gasteiger partial charge in [0, 0.05) is 61.6 Å². The van der Waals surface area contributed by atoms with E-state index in [2.05, 4.69) is 24.8 Å². The van der Waals surface area contributed by atoms with Gasteiger partial charge in [-0.3, -0.25) is 14.2 Å². The van der Waals surface area contributed by atoms with E-state index in [4.69, 9.17) is 23.2 Å². The zero-order valence-electron chi connectivity index (χ0n) is 16.3. The summed E-state index contributed by atoms with van der Waals surface area (Å²) in [4.78, 5) is 34.7. The molecule has 0 unspecified atom stereocenters. The third kappa shape index (κ3) is 3.68. The number of rotatable bonds is 3. The summed E-state index contributed by atoms with van der Waals surface area (Å²) in [5, 5.41) is 0.999. The number of benzene rings is 1. The highest BCUT2D eigenvalue weighted by Gasteiger charge is 2.27. The van der Waals surface area contributed by atoms with Crippen LogP contribution in [0.15, 0.2) is 55.2 Å². The first-order valence-electron chi connectivity index (χ1n) is 9.70. The molecular formula is C21H17Cl2N7O. The number of anilines is 1. The molecule has 8 nitrogen and oxygen atoms in total. The van der Waals surface area contributed by atoms with Gasteiger partial charge in [-0.25, -0.2) is 15.0 Å². The topological polar surface area (TPSA) is 79.5 Å². The molecule has 0 atom stereocenters. The van der Waals surface area contributed by atoms with Crippen molar-refractivity contribution in [2.75, 3.05) is 31.1 Å². The number of hydrogen-bond acceptors (Lipinski definition) is 6. The van der Waals surface area contributed by atoms with Gasteiger partial charge in [0.1, 0.15) is 5.69 Å². The van der Waals surface area contributed by atoms with E-state index in [1.165, 1.54) is 0 Å². The third-order valence-electron chi connectivity index (χ3n) is 5.23. The average molecular weight is 454 g/mol. The molecule has 5 rings (SSSR count). The molecule has 156 valence electrons. The van der Waals surface area contributed by atoms with Gasteiger partial charge in [0.05, 0.1) is 16.7 Å². The van der Waals surface area contributed by atoms with Crippen molar-refractivity contribution >= 4 is 40.6 Å². The van der Waals surface area contributed by atoms with E-state index in [9.17, 15) is 4.79 Å². The van der Waals surface area contributed by atoms with Crippen molar-refractivity contribution in [1.82, 2.24) is 29.2 Å². The molecule has 0 saturated carbocycles. The Bertz CT molecular complexity index is 1250. The molecule has 3 aromatic heterocycles. The molecule has 31 heavy (non-hydrogen) atoms. The van der Waals surface area contributed by atoms with Crippen molar-refractivity contribution in [3.05, 3.63) is 71.1 Å². The molecule has 4 aromatic rings. The number of piperazine rings is 1. The second-order valence-electron chi connectivity index (χ2n) is 7.07. The lowest BCUT2D eigenvalue weighted by Crippen LogP contribution is -2.49. The number of aromatic nitrogens is 5. The standard InChI is InChI=1S/C21H17Cl2N7O/c22-14-2-3-15(16(23)12-14)18-17-13-24-6-7-30(17)19(27-18)20(31)28-8-10-29(11-9-28)21-25-4-1-5-26-21/h1-7,12-13H,8-11H2. The second kappa shape index (κ2) is 8.13. The molecule has 0 N–H and O–H groups in total. The number of nitrogens with zero attached hydrogens (tertiary/aromatic N) is 7. The summed E-state index contributed by atoms with van der Waals surface area (Å²) < 4.78 is 1.75. The molecule has 0 aliphatic carbocycles. The molecule has 10 heteroatoms. The predicted octanol–water partition coefficient (Wildman–Crippen LogP) is 3.46. The van der Waals surface area contributed by atoms with Gasteiger partial charge in [-0.1, -0.05) is 23.2 Å². The fraction of sp³-hybridized carbons (Fsp3) is 0.190. The van der Waals surface area contributed by atoms with Gasteiger partial charge in [-0.15, -0.1) is 0 Å². The Labute approximate surface area is 188 Å². The van der Waals surface area contributed by atoms with Crippen LogP contribution in [-0.4, -0.2) is 61.3 Å². The van der Waals surface area contributed by atoms with Gasteiger partial charge < -0.3 is 9.80 Å². The Kier molecular flexibility index (Phi) is 5.17. The van der Waals surface area contributed by atoms with Crippen LogP contribution in [0.4, 0.5) is 5.95 Å². The first kappa shape index (κ1) is 19.7. The molecule has 0 spiro atoms.